The van der Waals surface area contributed by atoms with Gasteiger partial charge in [0.05, 0.1) is 11.4 Å². The molecule has 3 aromatic rings. The van der Waals surface area contributed by atoms with Crippen molar-refractivity contribution < 1.29 is 9.59 Å². The van der Waals surface area contributed by atoms with Gasteiger partial charge in [0.25, 0.3) is 5.56 Å². The van der Waals surface area contributed by atoms with Crippen LogP contribution in [0, 0.1) is 13.8 Å². The number of aromatic nitrogens is 4. The van der Waals surface area contributed by atoms with Gasteiger partial charge in [0.15, 0.2) is 0 Å². The van der Waals surface area contributed by atoms with Crippen molar-refractivity contribution in [2.24, 2.45) is 0 Å². The summed E-state index contributed by atoms with van der Waals surface area (Å²) in [5.74, 6) is -1.20. The summed E-state index contributed by atoms with van der Waals surface area (Å²) in [6.45, 7) is 7.77. The van der Waals surface area contributed by atoms with Gasteiger partial charge in [-0.05, 0) is 25.3 Å². The van der Waals surface area contributed by atoms with Crippen molar-refractivity contribution in [2.45, 2.75) is 40.2 Å². The van der Waals surface area contributed by atoms with Gasteiger partial charge in [-0.2, -0.15) is 9.78 Å². The Bertz CT molecular complexity index is 1130. The van der Waals surface area contributed by atoms with Gasteiger partial charge in [-0.3, -0.25) is 19.4 Å². The molecule has 2 heterocycles. The van der Waals surface area contributed by atoms with Crippen LogP contribution in [0.5, 0.6) is 0 Å². The number of hydrogen-bond acceptors (Lipinski definition) is 5. The minimum atomic E-state index is -0.842. The molecule has 0 saturated carbocycles. The molecule has 2 aromatic heterocycles. The highest BCUT2D eigenvalue weighted by atomic mass is 16.2. The maximum Gasteiger partial charge on any atom is 0.314 e. The lowest BCUT2D eigenvalue weighted by Crippen LogP contribution is -2.35. The topological polar surface area (TPSA) is 122 Å². The Morgan fingerprint density at radius 2 is 1.80 bits per heavy atom. The third-order valence-corrected chi connectivity index (χ3v) is 4.39. The van der Waals surface area contributed by atoms with Crippen molar-refractivity contribution in [3.8, 4) is 5.95 Å². The van der Waals surface area contributed by atoms with Gasteiger partial charge in [-0.1, -0.05) is 43.7 Å². The molecule has 0 bridgehead atoms. The molecule has 0 aliphatic heterocycles. The van der Waals surface area contributed by atoms with E-state index in [-0.39, 0.29) is 29.8 Å². The Hall–Kier alpha value is -3.75. The van der Waals surface area contributed by atoms with E-state index in [1.54, 1.807) is 13.0 Å². The predicted octanol–water partition coefficient (Wildman–Crippen LogP) is 1.95. The summed E-state index contributed by atoms with van der Waals surface area (Å²) >= 11 is 0. The zero-order chi connectivity index (χ0) is 21.8. The minimum absolute atomic E-state index is 0.0355. The molecule has 1 aromatic carbocycles. The first-order valence-corrected chi connectivity index (χ1v) is 9.56. The first-order valence-electron chi connectivity index (χ1n) is 9.56. The number of benzene rings is 1. The standard InChI is InChI=1S/C21H24N6O3/c1-12(2)16-10-18(28)25-21(23-16)27-17(9-14(4)26-27)24-20(30)19(29)22-11-15-7-5-13(3)6-8-15/h5-10,12H,11H2,1-4H3,(H,22,29)(H,24,30)(H,23,25,28). The van der Waals surface area contributed by atoms with Crippen LogP contribution in [0.25, 0.3) is 5.95 Å². The molecule has 0 saturated heterocycles. The molecule has 0 radical (unpaired) electrons. The fourth-order valence-electron chi connectivity index (χ4n) is 2.75. The molecule has 0 atom stereocenters. The maximum atomic E-state index is 12.4. The monoisotopic (exact) mass is 408 g/mol. The number of carbonyl (C=O) groups excluding carboxylic acids is 2. The second-order valence-electron chi connectivity index (χ2n) is 7.35. The molecule has 156 valence electrons. The highest BCUT2D eigenvalue weighted by Crippen LogP contribution is 2.16. The zero-order valence-electron chi connectivity index (χ0n) is 17.3. The summed E-state index contributed by atoms with van der Waals surface area (Å²) in [4.78, 5) is 43.6. The number of aromatic amines is 1. The van der Waals surface area contributed by atoms with Crippen molar-refractivity contribution in [3.63, 3.8) is 0 Å². The molecule has 3 rings (SSSR count). The highest BCUT2D eigenvalue weighted by molar-refractivity contribution is 6.39. The van der Waals surface area contributed by atoms with Crippen LogP contribution < -0.4 is 16.2 Å². The Balaban J connectivity index is 1.76. The van der Waals surface area contributed by atoms with Crippen LogP contribution in [-0.2, 0) is 16.1 Å². The molecule has 0 fully saturated rings. The molecule has 0 spiro atoms. The van der Waals surface area contributed by atoms with Crippen molar-refractivity contribution in [1.82, 2.24) is 25.1 Å². The number of aryl methyl sites for hydroxylation is 2. The highest BCUT2D eigenvalue weighted by Gasteiger charge is 2.18. The van der Waals surface area contributed by atoms with Gasteiger partial charge in [-0.15, -0.1) is 0 Å². The van der Waals surface area contributed by atoms with E-state index in [4.69, 9.17) is 0 Å². The van der Waals surface area contributed by atoms with Crippen LogP contribution in [0.3, 0.4) is 0 Å². The van der Waals surface area contributed by atoms with E-state index in [9.17, 15) is 14.4 Å². The molecule has 2 amide bonds. The van der Waals surface area contributed by atoms with Gasteiger partial charge < -0.3 is 10.6 Å². The van der Waals surface area contributed by atoms with Crippen LogP contribution >= 0.6 is 0 Å². The van der Waals surface area contributed by atoms with Crippen LogP contribution in [0.4, 0.5) is 5.82 Å². The molecule has 9 heteroatoms. The average molecular weight is 408 g/mol. The normalized spacial score (nSPS) is 10.8. The zero-order valence-corrected chi connectivity index (χ0v) is 17.3. The van der Waals surface area contributed by atoms with Crippen LogP contribution in [0.15, 0.2) is 41.2 Å². The number of carbonyl (C=O) groups is 2. The molecule has 9 nitrogen and oxygen atoms in total. The van der Waals surface area contributed by atoms with Crippen molar-refractivity contribution >= 4 is 17.6 Å². The quantitative estimate of drug-likeness (QED) is 0.557. The third-order valence-electron chi connectivity index (χ3n) is 4.39. The number of amides is 2. The fourth-order valence-corrected chi connectivity index (χ4v) is 2.75. The Morgan fingerprint density at radius 3 is 2.47 bits per heavy atom. The second-order valence-corrected chi connectivity index (χ2v) is 7.35. The first kappa shape index (κ1) is 21.0. The summed E-state index contributed by atoms with van der Waals surface area (Å²) in [5.41, 5.74) is 2.84. The molecule has 0 unspecified atom stereocenters. The lowest BCUT2D eigenvalue weighted by molar-refractivity contribution is -0.136. The van der Waals surface area contributed by atoms with Crippen molar-refractivity contribution in [3.05, 3.63) is 69.3 Å². The van der Waals surface area contributed by atoms with E-state index in [1.807, 2.05) is 45.0 Å². The maximum absolute atomic E-state index is 12.4. The average Bonchev–Trinajstić information content (AvgIpc) is 3.06. The van der Waals surface area contributed by atoms with Gasteiger partial charge in [0, 0.05) is 18.7 Å². The fraction of sp³-hybridized carbons (Fsp3) is 0.286. The Labute approximate surface area is 173 Å². The molecular weight excluding hydrogens is 384 g/mol. The Kier molecular flexibility index (Phi) is 6.10. The second kappa shape index (κ2) is 8.73. The van der Waals surface area contributed by atoms with E-state index in [1.165, 1.54) is 10.7 Å². The SMILES string of the molecule is Cc1ccc(CNC(=O)C(=O)Nc2cc(C)nn2-c2nc(C(C)C)cc(=O)[nH]2)cc1. The van der Waals surface area contributed by atoms with E-state index >= 15 is 0 Å². The van der Waals surface area contributed by atoms with Crippen molar-refractivity contribution in [1.29, 1.82) is 0 Å². The van der Waals surface area contributed by atoms with Gasteiger partial charge >= 0.3 is 11.8 Å². The number of rotatable bonds is 5. The smallest absolute Gasteiger partial charge is 0.314 e. The Morgan fingerprint density at radius 1 is 1.10 bits per heavy atom. The molecule has 3 N–H and O–H groups in total. The van der Waals surface area contributed by atoms with Crippen LogP contribution in [0.1, 0.15) is 42.3 Å². The summed E-state index contributed by atoms with van der Waals surface area (Å²) in [5, 5.41) is 9.39. The largest absolute Gasteiger partial charge is 0.344 e. The summed E-state index contributed by atoms with van der Waals surface area (Å²) < 4.78 is 1.30. The summed E-state index contributed by atoms with van der Waals surface area (Å²) in [7, 11) is 0. The van der Waals surface area contributed by atoms with E-state index in [0.29, 0.717) is 11.4 Å². The number of nitrogens with one attached hydrogen (secondary N) is 3. The third kappa shape index (κ3) is 4.99. The lowest BCUT2D eigenvalue weighted by atomic mass is 10.1. The number of anilines is 1. The van der Waals surface area contributed by atoms with E-state index in [0.717, 1.165) is 11.1 Å². The predicted molar refractivity (Wildman–Crippen MR) is 112 cm³/mol. The molecular formula is C21H24N6O3. The minimum Gasteiger partial charge on any atom is -0.344 e. The first-order chi connectivity index (χ1) is 14.2. The summed E-state index contributed by atoms with van der Waals surface area (Å²) in [6.07, 6.45) is 0. The van der Waals surface area contributed by atoms with E-state index in [2.05, 4.69) is 25.7 Å². The molecule has 0 aliphatic carbocycles. The van der Waals surface area contributed by atoms with Crippen LogP contribution in [0.2, 0.25) is 0 Å². The summed E-state index contributed by atoms with van der Waals surface area (Å²) in [6, 6.07) is 10.6. The molecule has 0 aliphatic rings. The lowest BCUT2D eigenvalue weighted by Gasteiger charge is -2.10. The van der Waals surface area contributed by atoms with Crippen LogP contribution in [-0.4, -0.2) is 31.6 Å². The van der Waals surface area contributed by atoms with E-state index < -0.39 is 11.8 Å². The number of hydrogen-bond donors (Lipinski definition) is 3. The van der Waals surface area contributed by atoms with Gasteiger partial charge in [0.2, 0.25) is 5.95 Å². The number of H-pyrrole nitrogens is 1. The van der Waals surface area contributed by atoms with Gasteiger partial charge in [0.1, 0.15) is 5.82 Å². The van der Waals surface area contributed by atoms with Gasteiger partial charge in [-0.25, -0.2) is 4.98 Å². The molecule has 30 heavy (non-hydrogen) atoms. The number of nitrogens with zero attached hydrogens (tertiary/aromatic N) is 3. The van der Waals surface area contributed by atoms with Crippen molar-refractivity contribution in [2.75, 3.05) is 5.32 Å².